The zero-order valence-corrected chi connectivity index (χ0v) is 23.0. The molecule has 0 saturated carbocycles. The second kappa shape index (κ2) is 10.3. The third-order valence-corrected chi connectivity index (χ3v) is 10.6. The Balaban J connectivity index is 1.29. The van der Waals surface area contributed by atoms with Crippen molar-refractivity contribution in [2.75, 3.05) is 39.3 Å². The normalized spacial score (nSPS) is 19.1. The molecule has 6 nitrogen and oxygen atoms in total. The predicted octanol–water partition coefficient (Wildman–Crippen LogP) is 4.29. The fourth-order valence-corrected chi connectivity index (χ4v) is 8.50. The zero-order valence-electron chi connectivity index (χ0n) is 21.4. The van der Waals surface area contributed by atoms with Crippen molar-refractivity contribution in [1.82, 2.24) is 14.1 Å². The summed E-state index contributed by atoms with van der Waals surface area (Å²) >= 11 is 1.70. The number of rotatable bonds is 5. The monoisotopic (exact) mass is 541 g/mol. The lowest BCUT2D eigenvalue weighted by Crippen LogP contribution is -2.53. The van der Waals surface area contributed by atoms with Gasteiger partial charge in [-0.1, -0.05) is 29.8 Å². The lowest BCUT2D eigenvalue weighted by atomic mass is 9.93. The van der Waals surface area contributed by atoms with Gasteiger partial charge in [0.15, 0.2) is 0 Å². The summed E-state index contributed by atoms with van der Waals surface area (Å²) in [5.41, 5.74) is 4.50. The van der Waals surface area contributed by atoms with Gasteiger partial charge in [-0.15, -0.1) is 11.3 Å². The number of carbonyl (C=O) groups excluding carboxylic acids is 1. The molecule has 1 fully saturated rings. The Bertz CT molecular complexity index is 1400. The molecule has 1 aromatic heterocycles. The smallest absolute Gasteiger partial charge is 0.243 e. The number of hydrogen-bond donors (Lipinski definition) is 0. The van der Waals surface area contributed by atoms with Crippen molar-refractivity contribution >= 4 is 27.3 Å². The van der Waals surface area contributed by atoms with E-state index in [1.165, 1.54) is 15.2 Å². The highest BCUT2D eigenvalue weighted by Gasteiger charge is 2.35. The van der Waals surface area contributed by atoms with Crippen LogP contribution in [-0.4, -0.2) is 67.7 Å². The molecule has 3 heterocycles. The number of thiophene rings is 1. The van der Waals surface area contributed by atoms with Crippen LogP contribution in [0.1, 0.15) is 38.7 Å². The number of aryl methyl sites for hydroxylation is 3. The molecule has 5 rings (SSSR count). The molecule has 2 aromatic carbocycles. The van der Waals surface area contributed by atoms with Crippen molar-refractivity contribution in [2.24, 2.45) is 0 Å². The molecule has 0 bridgehead atoms. The maximum absolute atomic E-state index is 14.1. The molecular weight excluding hydrogens is 509 g/mol. The fourth-order valence-electron chi connectivity index (χ4n) is 5.76. The molecule has 0 spiro atoms. The first-order valence-corrected chi connectivity index (χ1v) is 14.9. The third kappa shape index (κ3) is 5.10. The van der Waals surface area contributed by atoms with Gasteiger partial charge in [-0.25, -0.2) is 12.8 Å². The minimum absolute atomic E-state index is 0.0279. The topological polar surface area (TPSA) is 60.9 Å². The van der Waals surface area contributed by atoms with Crippen LogP contribution in [0.4, 0.5) is 4.39 Å². The van der Waals surface area contributed by atoms with Crippen LogP contribution in [0.25, 0.3) is 0 Å². The van der Waals surface area contributed by atoms with E-state index in [9.17, 15) is 17.6 Å². The Morgan fingerprint density at radius 2 is 1.70 bits per heavy atom. The average Bonchev–Trinajstić information content (AvgIpc) is 3.32. The third-order valence-electron chi connectivity index (χ3n) is 7.36. The molecule has 0 aliphatic carbocycles. The van der Waals surface area contributed by atoms with Crippen LogP contribution >= 0.6 is 11.3 Å². The number of benzene rings is 2. The summed E-state index contributed by atoms with van der Waals surface area (Å²) in [6.07, 6.45) is 0.855. The SMILES string of the molecule is Cc1cc(C)c(S(=O)(=O)N2CCN(C(=O)CN3CCc4sccc4[C@@H]3c3cccc(F)c3)CC2)c(C)c1. The van der Waals surface area contributed by atoms with E-state index in [1.54, 1.807) is 28.4 Å². The number of fused-ring (bicyclic) bond motifs is 1. The number of halogens is 1. The summed E-state index contributed by atoms with van der Waals surface area (Å²) in [5, 5.41) is 2.05. The first kappa shape index (κ1) is 26.0. The van der Waals surface area contributed by atoms with Gasteiger partial charge in [-0.3, -0.25) is 9.69 Å². The van der Waals surface area contributed by atoms with Crippen LogP contribution in [-0.2, 0) is 21.2 Å². The summed E-state index contributed by atoms with van der Waals surface area (Å²) in [6, 6.07) is 12.3. The van der Waals surface area contributed by atoms with E-state index in [1.807, 2.05) is 39.0 Å². The predicted molar refractivity (Wildman–Crippen MR) is 144 cm³/mol. The fraction of sp³-hybridized carbons (Fsp3) is 0.393. The highest BCUT2D eigenvalue weighted by atomic mass is 32.2. The number of hydrogen-bond acceptors (Lipinski definition) is 5. The number of sulfonamides is 1. The van der Waals surface area contributed by atoms with E-state index < -0.39 is 10.0 Å². The summed E-state index contributed by atoms with van der Waals surface area (Å²) in [4.78, 5) is 18.9. The number of amides is 1. The van der Waals surface area contributed by atoms with Crippen LogP contribution in [0.5, 0.6) is 0 Å². The highest BCUT2D eigenvalue weighted by Crippen LogP contribution is 2.38. The lowest BCUT2D eigenvalue weighted by molar-refractivity contribution is -0.134. The molecule has 196 valence electrons. The Hall–Kier alpha value is -2.59. The van der Waals surface area contributed by atoms with Crippen molar-refractivity contribution in [2.45, 2.75) is 38.1 Å². The number of carbonyl (C=O) groups is 1. The van der Waals surface area contributed by atoms with Gasteiger partial charge in [0.25, 0.3) is 0 Å². The van der Waals surface area contributed by atoms with Crippen LogP contribution in [0.15, 0.2) is 52.7 Å². The van der Waals surface area contributed by atoms with E-state index in [0.717, 1.165) is 34.2 Å². The van der Waals surface area contributed by atoms with Crippen LogP contribution in [0, 0.1) is 26.6 Å². The van der Waals surface area contributed by atoms with Crippen molar-refractivity contribution in [1.29, 1.82) is 0 Å². The Labute approximate surface area is 222 Å². The lowest BCUT2D eigenvalue weighted by Gasteiger charge is -2.39. The molecule has 1 amide bonds. The van der Waals surface area contributed by atoms with Crippen molar-refractivity contribution in [3.05, 3.63) is 86.4 Å². The minimum Gasteiger partial charge on any atom is -0.339 e. The standard InChI is InChI=1S/C28H32FN3O3S2/c1-19-15-20(2)28(21(3)16-19)37(34,35)32-12-10-30(11-13-32)26(33)18-31-9-7-25-24(8-14-36-25)27(31)22-5-4-6-23(29)17-22/h4-6,8,14-17,27H,7,9-13,18H2,1-3H3/t27-/m0/s1. The first-order chi connectivity index (χ1) is 17.6. The molecule has 3 aromatic rings. The second-order valence-corrected chi connectivity index (χ2v) is 12.9. The van der Waals surface area contributed by atoms with Gasteiger partial charge in [0.05, 0.1) is 17.5 Å². The van der Waals surface area contributed by atoms with E-state index in [-0.39, 0.29) is 37.4 Å². The van der Waals surface area contributed by atoms with Gasteiger partial charge in [-0.05, 0) is 73.0 Å². The van der Waals surface area contributed by atoms with Gasteiger partial charge in [-0.2, -0.15) is 4.31 Å². The van der Waals surface area contributed by atoms with E-state index >= 15 is 0 Å². The summed E-state index contributed by atoms with van der Waals surface area (Å²) in [7, 11) is -3.64. The summed E-state index contributed by atoms with van der Waals surface area (Å²) in [6.45, 7) is 7.78. The van der Waals surface area contributed by atoms with E-state index in [0.29, 0.717) is 24.5 Å². The van der Waals surface area contributed by atoms with Crippen LogP contribution in [0.2, 0.25) is 0 Å². The molecule has 0 N–H and O–H groups in total. The molecule has 1 saturated heterocycles. The summed E-state index contributed by atoms with van der Waals surface area (Å²) < 4.78 is 42.5. The maximum atomic E-state index is 14.1. The molecule has 9 heteroatoms. The molecule has 2 aliphatic heterocycles. The van der Waals surface area contributed by atoms with Crippen molar-refractivity contribution in [3.8, 4) is 0 Å². The molecular formula is C28H32FN3O3S2. The van der Waals surface area contributed by atoms with Gasteiger partial charge >= 0.3 is 0 Å². The van der Waals surface area contributed by atoms with Gasteiger partial charge < -0.3 is 4.90 Å². The zero-order chi connectivity index (χ0) is 26.3. The average molecular weight is 542 g/mol. The van der Waals surface area contributed by atoms with E-state index in [4.69, 9.17) is 0 Å². The van der Waals surface area contributed by atoms with Crippen LogP contribution in [0.3, 0.4) is 0 Å². The van der Waals surface area contributed by atoms with Crippen molar-refractivity contribution in [3.63, 3.8) is 0 Å². The Kier molecular flexibility index (Phi) is 7.24. The molecule has 37 heavy (non-hydrogen) atoms. The van der Waals surface area contributed by atoms with Gasteiger partial charge in [0.2, 0.25) is 15.9 Å². The summed E-state index contributed by atoms with van der Waals surface area (Å²) in [5.74, 6) is -0.317. The number of nitrogens with zero attached hydrogens (tertiary/aromatic N) is 3. The molecule has 0 radical (unpaired) electrons. The van der Waals surface area contributed by atoms with Crippen LogP contribution < -0.4 is 0 Å². The van der Waals surface area contributed by atoms with Crippen molar-refractivity contribution < 1.29 is 17.6 Å². The largest absolute Gasteiger partial charge is 0.339 e. The Morgan fingerprint density at radius 3 is 2.38 bits per heavy atom. The quantitative estimate of drug-likeness (QED) is 0.484. The van der Waals surface area contributed by atoms with Gasteiger partial charge in [0, 0.05) is 37.6 Å². The Morgan fingerprint density at radius 1 is 1.00 bits per heavy atom. The highest BCUT2D eigenvalue weighted by molar-refractivity contribution is 7.89. The molecule has 2 aliphatic rings. The minimum atomic E-state index is -3.64. The van der Waals surface area contributed by atoms with Gasteiger partial charge in [0.1, 0.15) is 5.82 Å². The maximum Gasteiger partial charge on any atom is 0.243 e. The second-order valence-electron chi connectivity index (χ2n) is 9.99. The molecule has 0 unspecified atom stereocenters. The number of piperazine rings is 1. The van der Waals surface area contributed by atoms with E-state index in [2.05, 4.69) is 16.3 Å². The molecule has 1 atom stereocenters. The first-order valence-electron chi connectivity index (χ1n) is 12.6.